The Hall–Kier alpha value is -1.14. The second kappa shape index (κ2) is 9.11. The van der Waals surface area contributed by atoms with Gasteiger partial charge in [-0.1, -0.05) is 0 Å². The van der Waals surface area contributed by atoms with Gasteiger partial charge in [0.1, 0.15) is 6.61 Å². The van der Waals surface area contributed by atoms with Gasteiger partial charge in [0.05, 0.1) is 6.61 Å². The summed E-state index contributed by atoms with van der Waals surface area (Å²) in [5, 5.41) is 5.81. The number of primary amides is 1. The molecular formula is C10H21N3O3. The summed E-state index contributed by atoms with van der Waals surface area (Å²) in [6.45, 7) is 5.39. The number of hydrogen-bond acceptors (Lipinski definition) is 4. The maximum atomic E-state index is 11.2. The quantitative estimate of drug-likeness (QED) is 0.443. The summed E-state index contributed by atoms with van der Waals surface area (Å²) in [4.78, 5) is 21.5. The van der Waals surface area contributed by atoms with Gasteiger partial charge in [0, 0.05) is 25.6 Å². The van der Waals surface area contributed by atoms with Crippen LogP contribution >= 0.6 is 0 Å². The lowest BCUT2D eigenvalue weighted by Crippen LogP contribution is -2.33. The molecule has 0 saturated carbocycles. The Morgan fingerprint density at radius 1 is 1.31 bits per heavy atom. The van der Waals surface area contributed by atoms with E-state index in [0.717, 1.165) is 0 Å². The predicted molar refractivity (Wildman–Crippen MR) is 60.8 cm³/mol. The van der Waals surface area contributed by atoms with Crippen molar-refractivity contribution in [1.82, 2.24) is 10.6 Å². The molecule has 0 atom stereocenters. The van der Waals surface area contributed by atoms with E-state index in [1.54, 1.807) is 0 Å². The van der Waals surface area contributed by atoms with Crippen molar-refractivity contribution >= 4 is 11.8 Å². The Labute approximate surface area is 95.9 Å². The van der Waals surface area contributed by atoms with Crippen LogP contribution in [0.25, 0.3) is 0 Å². The third-order valence-electron chi connectivity index (χ3n) is 1.65. The second-order valence-electron chi connectivity index (χ2n) is 3.74. The average Bonchev–Trinajstić information content (AvgIpc) is 2.14. The van der Waals surface area contributed by atoms with Crippen molar-refractivity contribution in [2.24, 2.45) is 5.73 Å². The Morgan fingerprint density at radius 2 is 2.00 bits per heavy atom. The highest BCUT2D eigenvalue weighted by molar-refractivity contribution is 5.76. The van der Waals surface area contributed by atoms with Crippen LogP contribution in [-0.2, 0) is 14.3 Å². The number of amides is 2. The predicted octanol–water partition coefficient (Wildman–Crippen LogP) is -1.01. The number of ether oxygens (including phenoxy) is 1. The topological polar surface area (TPSA) is 93.4 Å². The zero-order chi connectivity index (χ0) is 12.4. The van der Waals surface area contributed by atoms with Crippen molar-refractivity contribution in [3.63, 3.8) is 0 Å². The van der Waals surface area contributed by atoms with E-state index in [4.69, 9.17) is 10.5 Å². The van der Waals surface area contributed by atoms with Gasteiger partial charge in [0.15, 0.2) is 0 Å². The third-order valence-corrected chi connectivity index (χ3v) is 1.65. The maximum Gasteiger partial charge on any atom is 0.243 e. The lowest BCUT2D eigenvalue weighted by atomic mass is 10.3. The van der Waals surface area contributed by atoms with Gasteiger partial charge in [-0.3, -0.25) is 9.59 Å². The van der Waals surface area contributed by atoms with E-state index < -0.39 is 5.91 Å². The molecule has 0 fully saturated rings. The van der Waals surface area contributed by atoms with Crippen molar-refractivity contribution in [2.75, 3.05) is 26.3 Å². The highest BCUT2D eigenvalue weighted by Gasteiger charge is 2.01. The number of carbonyl (C=O) groups excluding carboxylic acids is 2. The van der Waals surface area contributed by atoms with Crippen LogP contribution in [0.4, 0.5) is 0 Å². The third kappa shape index (κ3) is 10.9. The fourth-order valence-electron chi connectivity index (χ4n) is 1.04. The standard InChI is InChI=1S/C10H21N3O3/c1-8(2)13-10(15)3-4-12-5-6-16-7-9(11)14/h8,12H,3-7H2,1-2H3,(H2,11,14)(H,13,15). The summed E-state index contributed by atoms with van der Waals surface area (Å²) in [5.74, 6) is -0.447. The molecule has 0 aliphatic carbocycles. The molecule has 94 valence electrons. The van der Waals surface area contributed by atoms with Gasteiger partial charge < -0.3 is 21.1 Å². The summed E-state index contributed by atoms with van der Waals surface area (Å²) < 4.78 is 4.93. The first-order chi connectivity index (χ1) is 7.52. The molecule has 4 N–H and O–H groups in total. The molecule has 0 radical (unpaired) electrons. The van der Waals surface area contributed by atoms with Crippen LogP contribution in [0, 0.1) is 0 Å². The number of rotatable bonds is 9. The fourth-order valence-corrected chi connectivity index (χ4v) is 1.04. The summed E-state index contributed by atoms with van der Waals surface area (Å²) in [6.07, 6.45) is 0.438. The van der Waals surface area contributed by atoms with Crippen molar-refractivity contribution < 1.29 is 14.3 Å². The van der Waals surface area contributed by atoms with Crippen LogP contribution < -0.4 is 16.4 Å². The van der Waals surface area contributed by atoms with E-state index in [9.17, 15) is 9.59 Å². The molecule has 2 amide bonds. The highest BCUT2D eigenvalue weighted by Crippen LogP contribution is 1.82. The normalized spacial score (nSPS) is 10.4. The van der Waals surface area contributed by atoms with Crippen molar-refractivity contribution in [2.45, 2.75) is 26.3 Å². The first kappa shape index (κ1) is 14.9. The zero-order valence-corrected chi connectivity index (χ0v) is 9.91. The number of nitrogens with one attached hydrogen (secondary N) is 2. The molecule has 0 bridgehead atoms. The molecule has 0 aromatic carbocycles. The van der Waals surface area contributed by atoms with Gasteiger partial charge in [-0.05, 0) is 13.8 Å². The lowest BCUT2D eigenvalue weighted by molar-refractivity contribution is -0.122. The van der Waals surface area contributed by atoms with Crippen LogP contribution in [0.3, 0.4) is 0 Å². The smallest absolute Gasteiger partial charge is 0.243 e. The maximum absolute atomic E-state index is 11.2. The minimum Gasteiger partial charge on any atom is -0.370 e. The van der Waals surface area contributed by atoms with Crippen LogP contribution in [0.15, 0.2) is 0 Å². The molecule has 0 saturated heterocycles. The lowest BCUT2D eigenvalue weighted by Gasteiger charge is -2.08. The van der Waals surface area contributed by atoms with Gasteiger partial charge >= 0.3 is 0 Å². The van der Waals surface area contributed by atoms with Gasteiger partial charge in [0.2, 0.25) is 11.8 Å². The first-order valence-electron chi connectivity index (χ1n) is 5.38. The molecule has 0 spiro atoms. The van der Waals surface area contributed by atoms with Crippen LogP contribution in [0.1, 0.15) is 20.3 Å². The Kier molecular flexibility index (Phi) is 8.46. The minimum atomic E-state index is -0.476. The van der Waals surface area contributed by atoms with Crippen LogP contribution in [0.5, 0.6) is 0 Å². The molecule has 0 aromatic rings. The van der Waals surface area contributed by atoms with Crippen LogP contribution in [0.2, 0.25) is 0 Å². The van der Waals surface area contributed by atoms with Gasteiger partial charge in [-0.15, -0.1) is 0 Å². The fraction of sp³-hybridized carbons (Fsp3) is 0.800. The van der Waals surface area contributed by atoms with E-state index >= 15 is 0 Å². The molecule has 6 nitrogen and oxygen atoms in total. The average molecular weight is 231 g/mol. The number of hydrogen-bond donors (Lipinski definition) is 3. The Morgan fingerprint density at radius 3 is 2.56 bits per heavy atom. The molecule has 0 aromatic heterocycles. The minimum absolute atomic E-state index is 0.0283. The van der Waals surface area contributed by atoms with Crippen molar-refractivity contribution in [3.05, 3.63) is 0 Å². The van der Waals surface area contributed by atoms with E-state index in [1.807, 2.05) is 13.8 Å². The second-order valence-corrected chi connectivity index (χ2v) is 3.74. The van der Waals surface area contributed by atoms with Gasteiger partial charge in [0.25, 0.3) is 0 Å². The Bertz CT molecular complexity index is 219. The summed E-state index contributed by atoms with van der Waals surface area (Å²) in [5.41, 5.74) is 4.88. The van der Waals surface area contributed by atoms with E-state index in [0.29, 0.717) is 26.1 Å². The van der Waals surface area contributed by atoms with Gasteiger partial charge in [-0.2, -0.15) is 0 Å². The Balaban J connectivity index is 3.20. The zero-order valence-electron chi connectivity index (χ0n) is 9.91. The largest absolute Gasteiger partial charge is 0.370 e. The SMILES string of the molecule is CC(C)NC(=O)CCNCCOCC(N)=O. The van der Waals surface area contributed by atoms with E-state index in [-0.39, 0.29) is 18.6 Å². The van der Waals surface area contributed by atoms with Crippen LogP contribution in [-0.4, -0.2) is 44.2 Å². The molecule has 0 aliphatic heterocycles. The molecule has 16 heavy (non-hydrogen) atoms. The van der Waals surface area contributed by atoms with Crippen molar-refractivity contribution in [3.8, 4) is 0 Å². The molecular weight excluding hydrogens is 210 g/mol. The molecule has 0 unspecified atom stereocenters. The van der Waals surface area contributed by atoms with Gasteiger partial charge in [-0.25, -0.2) is 0 Å². The number of carbonyl (C=O) groups is 2. The van der Waals surface area contributed by atoms with E-state index in [2.05, 4.69) is 10.6 Å². The van der Waals surface area contributed by atoms with Crippen molar-refractivity contribution in [1.29, 1.82) is 0 Å². The monoisotopic (exact) mass is 231 g/mol. The molecule has 0 rings (SSSR count). The summed E-state index contributed by atoms with van der Waals surface area (Å²) in [6, 6.07) is 0.173. The molecule has 0 heterocycles. The molecule has 6 heteroatoms. The summed E-state index contributed by atoms with van der Waals surface area (Å²) >= 11 is 0. The number of nitrogens with two attached hydrogens (primary N) is 1. The summed E-state index contributed by atoms with van der Waals surface area (Å²) in [7, 11) is 0. The highest BCUT2D eigenvalue weighted by atomic mass is 16.5. The first-order valence-corrected chi connectivity index (χ1v) is 5.38. The molecule has 0 aliphatic rings. The van der Waals surface area contributed by atoms with E-state index in [1.165, 1.54) is 0 Å².